The fraction of sp³-hybridized carbons (Fsp3) is 0.250. The third-order valence-electron chi connectivity index (χ3n) is 2.77. The lowest BCUT2D eigenvalue weighted by Gasteiger charge is -2.01. The van der Waals surface area contributed by atoms with E-state index in [1.807, 2.05) is 30.7 Å². The van der Waals surface area contributed by atoms with E-state index >= 15 is 0 Å². The van der Waals surface area contributed by atoms with Crippen molar-refractivity contribution in [2.45, 2.75) is 13.3 Å². The molecule has 0 fully saturated rings. The molecule has 0 saturated heterocycles. The SMILES string of the molecule is Cc1c(Cc2cccc(Br)c2)nc(N)n1C. The smallest absolute Gasteiger partial charge is 0.200 e. The summed E-state index contributed by atoms with van der Waals surface area (Å²) < 4.78 is 3.00. The number of anilines is 1. The Balaban J connectivity index is 2.30. The normalized spacial score (nSPS) is 10.7. The van der Waals surface area contributed by atoms with Gasteiger partial charge in [-0.3, -0.25) is 0 Å². The fourth-order valence-electron chi connectivity index (χ4n) is 1.67. The van der Waals surface area contributed by atoms with Crippen LogP contribution < -0.4 is 5.73 Å². The van der Waals surface area contributed by atoms with E-state index in [9.17, 15) is 0 Å². The summed E-state index contributed by atoms with van der Waals surface area (Å²) in [6.07, 6.45) is 0.816. The van der Waals surface area contributed by atoms with Crippen molar-refractivity contribution in [1.29, 1.82) is 0 Å². The first kappa shape index (κ1) is 11.2. The molecule has 1 aromatic carbocycles. The minimum absolute atomic E-state index is 0.572. The fourth-order valence-corrected chi connectivity index (χ4v) is 2.11. The predicted octanol–water partition coefficient (Wildman–Crippen LogP) is 2.66. The van der Waals surface area contributed by atoms with Crippen LogP contribution in [-0.4, -0.2) is 9.55 Å². The van der Waals surface area contributed by atoms with Gasteiger partial charge in [0.25, 0.3) is 0 Å². The Labute approximate surface area is 103 Å². The van der Waals surface area contributed by atoms with Crippen LogP contribution in [0.2, 0.25) is 0 Å². The molecule has 0 spiro atoms. The summed E-state index contributed by atoms with van der Waals surface area (Å²) >= 11 is 3.46. The average molecular weight is 280 g/mol. The molecule has 0 unspecified atom stereocenters. The Morgan fingerprint density at radius 3 is 2.75 bits per heavy atom. The lowest BCUT2D eigenvalue weighted by atomic mass is 10.1. The maximum absolute atomic E-state index is 5.77. The molecular weight excluding hydrogens is 266 g/mol. The highest BCUT2D eigenvalue weighted by Gasteiger charge is 2.09. The highest BCUT2D eigenvalue weighted by atomic mass is 79.9. The molecule has 2 rings (SSSR count). The van der Waals surface area contributed by atoms with Crippen molar-refractivity contribution in [2.75, 3.05) is 5.73 Å². The molecule has 2 N–H and O–H groups in total. The van der Waals surface area contributed by atoms with E-state index < -0.39 is 0 Å². The second-order valence-corrected chi connectivity index (χ2v) is 4.78. The lowest BCUT2D eigenvalue weighted by molar-refractivity contribution is 0.882. The van der Waals surface area contributed by atoms with Crippen LogP contribution in [0.4, 0.5) is 5.95 Å². The van der Waals surface area contributed by atoms with Gasteiger partial charge in [0.15, 0.2) is 5.95 Å². The van der Waals surface area contributed by atoms with Crippen molar-refractivity contribution in [3.8, 4) is 0 Å². The molecule has 1 heterocycles. The van der Waals surface area contributed by atoms with Gasteiger partial charge in [0, 0.05) is 23.6 Å². The molecule has 0 radical (unpaired) electrons. The standard InChI is InChI=1S/C12H14BrN3/c1-8-11(15-12(14)16(8)2)7-9-4-3-5-10(13)6-9/h3-6H,7H2,1-2H3,(H2,14,15). The molecule has 0 saturated carbocycles. The van der Waals surface area contributed by atoms with Gasteiger partial charge in [0.05, 0.1) is 5.69 Å². The van der Waals surface area contributed by atoms with Crippen molar-refractivity contribution in [3.63, 3.8) is 0 Å². The summed E-state index contributed by atoms with van der Waals surface area (Å²) in [5.41, 5.74) is 9.16. The first-order valence-corrected chi connectivity index (χ1v) is 5.89. The van der Waals surface area contributed by atoms with Crippen molar-refractivity contribution < 1.29 is 0 Å². The maximum Gasteiger partial charge on any atom is 0.200 e. The summed E-state index contributed by atoms with van der Waals surface area (Å²) in [5.74, 6) is 0.572. The Morgan fingerprint density at radius 1 is 1.44 bits per heavy atom. The van der Waals surface area contributed by atoms with E-state index in [0.29, 0.717) is 5.95 Å². The van der Waals surface area contributed by atoms with Gasteiger partial charge in [-0.25, -0.2) is 4.98 Å². The summed E-state index contributed by atoms with van der Waals surface area (Å²) in [7, 11) is 1.93. The zero-order valence-electron chi connectivity index (χ0n) is 9.37. The van der Waals surface area contributed by atoms with Crippen molar-refractivity contribution >= 4 is 21.9 Å². The van der Waals surface area contributed by atoms with Crippen LogP contribution in [0.5, 0.6) is 0 Å². The Bertz CT molecular complexity index is 517. The quantitative estimate of drug-likeness (QED) is 0.919. The van der Waals surface area contributed by atoms with Crippen LogP contribution in [0.1, 0.15) is 17.0 Å². The lowest BCUT2D eigenvalue weighted by Crippen LogP contribution is -1.98. The van der Waals surface area contributed by atoms with Gasteiger partial charge in [-0.2, -0.15) is 0 Å². The van der Waals surface area contributed by atoms with Crippen molar-refractivity contribution in [3.05, 3.63) is 45.7 Å². The topological polar surface area (TPSA) is 43.8 Å². The monoisotopic (exact) mass is 279 g/mol. The number of nitrogens with two attached hydrogens (primary N) is 1. The molecule has 0 aliphatic rings. The Kier molecular flexibility index (Phi) is 3.01. The molecule has 84 valence electrons. The number of halogens is 1. The Hall–Kier alpha value is -1.29. The van der Waals surface area contributed by atoms with Crippen LogP contribution in [0.25, 0.3) is 0 Å². The first-order chi connectivity index (χ1) is 7.58. The maximum atomic E-state index is 5.77. The zero-order chi connectivity index (χ0) is 11.7. The number of aromatic nitrogens is 2. The predicted molar refractivity (Wildman–Crippen MR) is 69.3 cm³/mol. The molecular formula is C12H14BrN3. The third-order valence-corrected chi connectivity index (χ3v) is 3.27. The van der Waals surface area contributed by atoms with Crippen molar-refractivity contribution in [2.24, 2.45) is 7.05 Å². The van der Waals surface area contributed by atoms with E-state index in [4.69, 9.17) is 5.73 Å². The van der Waals surface area contributed by atoms with E-state index in [2.05, 4.69) is 33.0 Å². The first-order valence-electron chi connectivity index (χ1n) is 5.10. The molecule has 0 amide bonds. The molecule has 0 bridgehead atoms. The third kappa shape index (κ3) is 2.11. The number of imidazole rings is 1. The summed E-state index contributed by atoms with van der Waals surface area (Å²) in [5, 5.41) is 0. The minimum atomic E-state index is 0.572. The molecule has 0 aliphatic heterocycles. The molecule has 1 aromatic heterocycles. The number of nitrogens with zero attached hydrogens (tertiary/aromatic N) is 2. The summed E-state index contributed by atoms with van der Waals surface area (Å²) in [6.45, 7) is 2.04. The number of hydrogen-bond acceptors (Lipinski definition) is 2. The summed E-state index contributed by atoms with van der Waals surface area (Å²) in [6, 6.07) is 8.24. The second kappa shape index (κ2) is 4.29. The van der Waals surface area contributed by atoms with Crippen LogP contribution >= 0.6 is 15.9 Å². The molecule has 4 heteroatoms. The number of nitrogen functional groups attached to an aromatic ring is 1. The van der Waals surface area contributed by atoms with Crippen LogP contribution in [0.15, 0.2) is 28.7 Å². The van der Waals surface area contributed by atoms with Gasteiger partial charge in [0.1, 0.15) is 0 Å². The van der Waals surface area contributed by atoms with Gasteiger partial charge in [-0.1, -0.05) is 28.1 Å². The van der Waals surface area contributed by atoms with E-state index in [-0.39, 0.29) is 0 Å². The van der Waals surface area contributed by atoms with Gasteiger partial charge in [0.2, 0.25) is 0 Å². The van der Waals surface area contributed by atoms with Gasteiger partial charge < -0.3 is 10.3 Å². The molecule has 0 atom stereocenters. The van der Waals surface area contributed by atoms with Crippen LogP contribution in [0.3, 0.4) is 0 Å². The molecule has 2 aromatic rings. The molecule has 0 aliphatic carbocycles. The van der Waals surface area contributed by atoms with Gasteiger partial charge >= 0.3 is 0 Å². The highest BCUT2D eigenvalue weighted by Crippen LogP contribution is 2.18. The van der Waals surface area contributed by atoms with Gasteiger partial charge in [-0.15, -0.1) is 0 Å². The van der Waals surface area contributed by atoms with E-state index in [0.717, 1.165) is 22.3 Å². The summed E-state index contributed by atoms with van der Waals surface area (Å²) in [4.78, 5) is 4.36. The average Bonchev–Trinajstić information content (AvgIpc) is 2.47. The molecule has 3 nitrogen and oxygen atoms in total. The molecule has 16 heavy (non-hydrogen) atoms. The van der Waals surface area contributed by atoms with Crippen molar-refractivity contribution in [1.82, 2.24) is 9.55 Å². The van der Waals surface area contributed by atoms with E-state index in [1.165, 1.54) is 5.56 Å². The largest absolute Gasteiger partial charge is 0.369 e. The number of benzene rings is 1. The van der Waals surface area contributed by atoms with E-state index in [1.54, 1.807) is 0 Å². The number of rotatable bonds is 2. The van der Waals surface area contributed by atoms with Crippen LogP contribution in [0, 0.1) is 6.92 Å². The number of hydrogen-bond donors (Lipinski definition) is 1. The minimum Gasteiger partial charge on any atom is -0.369 e. The van der Waals surface area contributed by atoms with Crippen LogP contribution in [-0.2, 0) is 13.5 Å². The zero-order valence-corrected chi connectivity index (χ0v) is 11.0. The Morgan fingerprint density at radius 2 is 2.19 bits per heavy atom. The van der Waals surface area contributed by atoms with Gasteiger partial charge in [-0.05, 0) is 24.6 Å². The second-order valence-electron chi connectivity index (χ2n) is 3.87. The highest BCUT2D eigenvalue weighted by molar-refractivity contribution is 9.10.